The summed E-state index contributed by atoms with van der Waals surface area (Å²) in [5, 5.41) is 0. The highest BCUT2D eigenvalue weighted by molar-refractivity contribution is 5.95. The molecule has 30 heavy (non-hydrogen) atoms. The van der Waals surface area contributed by atoms with Gasteiger partial charge in [-0.05, 0) is 44.2 Å². The minimum atomic E-state index is -2.74. The number of benzene rings is 1. The van der Waals surface area contributed by atoms with Crippen molar-refractivity contribution >= 4 is 16.9 Å². The minimum absolute atomic E-state index is 0.0281. The van der Waals surface area contributed by atoms with Crippen molar-refractivity contribution in [3.05, 3.63) is 77.3 Å². The Morgan fingerprint density at radius 1 is 1.20 bits per heavy atom. The van der Waals surface area contributed by atoms with Crippen LogP contribution in [0.5, 0.6) is 0 Å². The maximum atomic E-state index is 13.7. The number of amides is 1. The molecule has 0 spiro atoms. The smallest absolute Gasteiger partial charge is 0.320 e. The number of carbonyl (C=O) groups excluding carboxylic acids is 1. The van der Waals surface area contributed by atoms with Crippen LogP contribution < -0.4 is 0 Å². The third-order valence-electron chi connectivity index (χ3n) is 5.29. The Morgan fingerprint density at radius 2 is 1.97 bits per heavy atom. The van der Waals surface area contributed by atoms with E-state index in [0.717, 1.165) is 21.7 Å². The van der Waals surface area contributed by atoms with Crippen molar-refractivity contribution in [2.75, 3.05) is 7.05 Å². The Hall–Kier alpha value is -3.42. The summed E-state index contributed by atoms with van der Waals surface area (Å²) in [6.45, 7) is 1.53. The molecule has 1 amide bonds. The van der Waals surface area contributed by atoms with E-state index in [1.165, 1.54) is 4.90 Å². The fraction of sp³-hybridized carbons (Fsp3) is 0.273. The van der Waals surface area contributed by atoms with E-state index in [0.29, 0.717) is 23.1 Å². The lowest BCUT2D eigenvalue weighted by Crippen LogP contribution is -2.28. The van der Waals surface area contributed by atoms with Gasteiger partial charge in [-0.25, -0.2) is 4.98 Å². The Morgan fingerprint density at radius 3 is 2.67 bits per heavy atom. The zero-order valence-electron chi connectivity index (χ0n) is 17.0. The van der Waals surface area contributed by atoms with Gasteiger partial charge in [0, 0.05) is 18.4 Å². The van der Waals surface area contributed by atoms with Crippen LogP contribution in [-0.2, 0) is 13.1 Å². The van der Waals surface area contributed by atoms with Crippen LogP contribution in [-0.4, -0.2) is 32.0 Å². The summed E-state index contributed by atoms with van der Waals surface area (Å²) >= 11 is 0. The van der Waals surface area contributed by atoms with E-state index in [4.69, 9.17) is 4.42 Å². The summed E-state index contributed by atoms with van der Waals surface area (Å²) < 4.78 is 35.6. The lowest BCUT2D eigenvalue weighted by molar-refractivity contribution is 0.0646. The molecule has 0 N–H and O–H groups in total. The summed E-state index contributed by atoms with van der Waals surface area (Å²) in [5.41, 5.74) is 3.06. The van der Waals surface area contributed by atoms with Gasteiger partial charge in [-0.2, -0.15) is 8.78 Å². The molecule has 0 bridgehead atoms. The van der Waals surface area contributed by atoms with Gasteiger partial charge in [-0.15, -0.1) is 0 Å². The first-order valence-electron chi connectivity index (χ1n) is 9.55. The highest BCUT2D eigenvalue weighted by Crippen LogP contribution is 2.25. The van der Waals surface area contributed by atoms with Crippen LogP contribution in [0.25, 0.3) is 11.0 Å². The molecule has 0 fully saturated rings. The molecule has 8 heteroatoms. The molecule has 0 unspecified atom stereocenters. The Labute approximate surface area is 172 Å². The normalized spacial score (nSPS) is 11.5. The number of carbonyl (C=O) groups is 1. The maximum Gasteiger partial charge on any atom is 0.320 e. The van der Waals surface area contributed by atoms with E-state index >= 15 is 0 Å². The van der Waals surface area contributed by atoms with Crippen molar-refractivity contribution in [2.24, 2.45) is 0 Å². The van der Waals surface area contributed by atoms with Gasteiger partial charge in [-0.3, -0.25) is 9.36 Å². The molecule has 6 nitrogen and oxygen atoms in total. The third-order valence-corrected chi connectivity index (χ3v) is 5.29. The average molecular weight is 412 g/mol. The van der Waals surface area contributed by atoms with Crippen molar-refractivity contribution in [1.29, 1.82) is 0 Å². The number of halogens is 2. The number of furan rings is 1. The second-order valence-electron chi connectivity index (χ2n) is 7.28. The molecule has 0 aliphatic heterocycles. The summed E-state index contributed by atoms with van der Waals surface area (Å²) in [6.07, 6.45) is 1.61. The van der Waals surface area contributed by atoms with E-state index < -0.39 is 6.55 Å². The predicted octanol–water partition coefficient (Wildman–Crippen LogP) is 4.76. The van der Waals surface area contributed by atoms with E-state index in [2.05, 4.69) is 4.98 Å². The van der Waals surface area contributed by atoms with Gasteiger partial charge in [0.05, 0.1) is 35.9 Å². The quantitative estimate of drug-likeness (QED) is 0.459. The minimum Gasteiger partial charge on any atom is -0.467 e. The predicted molar refractivity (Wildman–Crippen MR) is 108 cm³/mol. The van der Waals surface area contributed by atoms with Gasteiger partial charge in [0.2, 0.25) is 0 Å². The molecule has 0 aliphatic carbocycles. The molecule has 4 aromatic rings. The topological polar surface area (TPSA) is 56.2 Å². The van der Waals surface area contributed by atoms with Crippen LogP contribution in [0, 0.1) is 13.8 Å². The lowest BCUT2D eigenvalue weighted by atomic mass is 10.2. The van der Waals surface area contributed by atoms with E-state index in [1.807, 2.05) is 36.6 Å². The van der Waals surface area contributed by atoms with Crippen molar-refractivity contribution in [3.8, 4) is 0 Å². The van der Waals surface area contributed by atoms with Crippen LogP contribution in [0.3, 0.4) is 0 Å². The Balaban J connectivity index is 1.61. The van der Waals surface area contributed by atoms with E-state index in [-0.39, 0.29) is 18.3 Å². The summed E-state index contributed by atoms with van der Waals surface area (Å²) in [4.78, 5) is 18.8. The molecule has 0 atom stereocenters. The Bertz CT molecular complexity index is 1190. The van der Waals surface area contributed by atoms with Crippen LogP contribution in [0.4, 0.5) is 8.78 Å². The van der Waals surface area contributed by atoms with Crippen molar-refractivity contribution < 1.29 is 18.0 Å². The molecule has 0 saturated heterocycles. The molecule has 4 rings (SSSR count). The highest BCUT2D eigenvalue weighted by Gasteiger charge is 2.23. The number of fused-ring (bicyclic) bond motifs is 1. The number of para-hydroxylation sites is 2. The van der Waals surface area contributed by atoms with Crippen LogP contribution in [0.1, 0.15) is 39.9 Å². The molecule has 1 aromatic carbocycles. The fourth-order valence-electron chi connectivity index (χ4n) is 3.73. The van der Waals surface area contributed by atoms with Gasteiger partial charge in [0.15, 0.2) is 0 Å². The third kappa shape index (κ3) is 3.49. The summed E-state index contributed by atoms with van der Waals surface area (Å²) in [6, 6.07) is 12.2. The molecule has 3 aromatic heterocycles. The zero-order chi connectivity index (χ0) is 21.4. The lowest BCUT2D eigenvalue weighted by Gasteiger charge is -2.18. The number of rotatable bonds is 6. The first kappa shape index (κ1) is 19.9. The molecule has 0 radical (unpaired) electrons. The largest absolute Gasteiger partial charge is 0.467 e. The molecule has 156 valence electrons. The van der Waals surface area contributed by atoms with Gasteiger partial charge < -0.3 is 13.9 Å². The van der Waals surface area contributed by atoms with Crippen LogP contribution in [0.2, 0.25) is 0 Å². The monoisotopic (exact) mass is 412 g/mol. The Kier molecular flexibility index (Phi) is 5.15. The summed E-state index contributed by atoms with van der Waals surface area (Å²) in [7, 11) is 1.59. The van der Waals surface area contributed by atoms with Crippen molar-refractivity contribution in [1.82, 2.24) is 19.0 Å². The molecule has 0 saturated carbocycles. The van der Waals surface area contributed by atoms with E-state index in [1.54, 1.807) is 37.6 Å². The van der Waals surface area contributed by atoms with Gasteiger partial charge >= 0.3 is 6.55 Å². The van der Waals surface area contributed by atoms with Gasteiger partial charge in [0.1, 0.15) is 11.6 Å². The molecule has 3 heterocycles. The van der Waals surface area contributed by atoms with Crippen molar-refractivity contribution in [2.45, 2.75) is 33.5 Å². The number of aromatic nitrogens is 3. The number of nitrogens with zero attached hydrogens (tertiary/aromatic N) is 4. The number of hydrogen-bond donors (Lipinski definition) is 0. The second kappa shape index (κ2) is 7.78. The van der Waals surface area contributed by atoms with Crippen LogP contribution >= 0.6 is 0 Å². The second-order valence-corrected chi connectivity index (χ2v) is 7.28. The average Bonchev–Trinajstić information content (AvgIpc) is 3.41. The van der Waals surface area contributed by atoms with Crippen LogP contribution in [0.15, 0.2) is 53.1 Å². The number of hydrogen-bond acceptors (Lipinski definition) is 3. The number of imidazole rings is 1. The standard InChI is InChI=1S/C22H22F2N4O2/c1-14-11-17(15(2)27(14)12-16-7-6-10-30-16)21(29)26(3)13-20-25-18-8-4-5-9-19(18)28(20)22(23)24/h4-11,22H,12-13H2,1-3H3. The highest BCUT2D eigenvalue weighted by atomic mass is 19.3. The van der Waals surface area contributed by atoms with Crippen molar-refractivity contribution in [3.63, 3.8) is 0 Å². The number of alkyl halides is 2. The van der Waals surface area contributed by atoms with Gasteiger partial charge in [0.25, 0.3) is 5.91 Å². The first-order chi connectivity index (χ1) is 14.4. The van der Waals surface area contributed by atoms with E-state index in [9.17, 15) is 13.6 Å². The van der Waals surface area contributed by atoms with Gasteiger partial charge in [-0.1, -0.05) is 12.1 Å². The zero-order valence-corrected chi connectivity index (χ0v) is 17.0. The first-order valence-corrected chi connectivity index (χ1v) is 9.55. The maximum absolute atomic E-state index is 13.7. The summed E-state index contributed by atoms with van der Waals surface area (Å²) in [5.74, 6) is 0.683. The molecular weight excluding hydrogens is 390 g/mol. The SMILES string of the molecule is Cc1cc(C(=O)N(C)Cc2nc3ccccc3n2C(F)F)c(C)n1Cc1ccco1. The molecular formula is C22H22F2N4O2. The fourth-order valence-corrected chi connectivity index (χ4v) is 3.73. The number of aryl methyl sites for hydroxylation is 1. The molecule has 0 aliphatic rings.